The van der Waals surface area contributed by atoms with Crippen molar-refractivity contribution in [2.45, 2.75) is 17.6 Å². The Morgan fingerprint density at radius 3 is 3.04 bits per heavy atom. The molecule has 11 heteroatoms. The maximum Gasteiger partial charge on any atom is 0.233 e. The van der Waals surface area contributed by atoms with E-state index < -0.39 is 9.84 Å². The van der Waals surface area contributed by atoms with Gasteiger partial charge in [-0.3, -0.25) is 4.79 Å². The van der Waals surface area contributed by atoms with Crippen LogP contribution in [0.3, 0.4) is 0 Å². The lowest BCUT2D eigenvalue weighted by molar-refractivity contribution is -0.130. The molecule has 2 aromatic rings. The standard InChI is InChI=1S/C15H19ClN4O4S2/c1-24-4-3-20(11-2-5-26(22,23)9-11)13(21)8-25-15-18-12-6-10(16)7-17-14(12)19-15/h6-7,11H,2-5,8-9H2,1H3,(H,17,18,19)/t11-/m1/s1. The summed E-state index contributed by atoms with van der Waals surface area (Å²) < 4.78 is 28.5. The third-order valence-electron chi connectivity index (χ3n) is 4.12. The zero-order chi connectivity index (χ0) is 18.7. The van der Waals surface area contributed by atoms with E-state index in [-0.39, 0.29) is 29.2 Å². The first kappa shape index (κ1) is 19.4. The van der Waals surface area contributed by atoms with Crippen LogP contribution < -0.4 is 0 Å². The molecule has 3 heterocycles. The van der Waals surface area contributed by atoms with Gasteiger partial charge in [0.25, 0.3) is 0 Å². The average Bonchev–Trinajstić information content (AvgIpc) is 3.15. The first-order valence-corrected chi connectivity index (χ1v) is 11.2. The quantitative estimate of drug-likeness (QED) is 0.677. The van der Waals surface area contributed by atoms with Crippen molar-refractivity contribution < 1.29 is 17.9 Å². The summed E-state index contributed by atoms with van der Waals surface area (Å²) in [6.45, 7) is 0.730. The number of H-pyrrole nitrogens is 1. The summed E-state index contributed by atoms with van der Waals surface area (Å²) in [6.07, 6.45) is 1.98. The molecule has 0 bridgehead atoms. The number of rotatable bonds is 7. The number of aromatic amines is 1. The number of imidazole rings is 1. The molecule has 0 aromatic carbocycles. The molecular weight excluding hydrogens is 400 g/mol. The van der Waals surface area contributed by atoms with Gasteiger partial charge in [-0.15, -0.1) is 0 Å². The van der Waals surface area contributed by atoms with E-state index >= 15 is 0 Å². The number of pyridine rings is 1. The van der Waals surface area contributed by atoms with Crippen LogP contribution >= 0.6 is 23.4 Å². The first-order valence-electron chi connectivity index (χ1n) is 8.01. The molecule has 1 N–H and O–H groups in total. The summed E-state index contributed by atoms with van der Waals surface area (Å²) in [5.41, 5.74) is 1.23. The predicted octanol–water partition coefficient (Wildman–Crippen LogP) is 1.37. The SMILES string of the molecule is COCCN(C(=O)CSc1nc2ncc(Cl)cc2[nH]1)[C@@H]1CCS(=O)(=O)C1. The second kappa shape index (κ2) is 8.12. The van der Waals surface area contributed by atoms with Crippen LogP contribution in [0.15, 0.2) is 17.4 Å². The van der Waals surface area contributed by atoms with Gasteiger partial charge in [0, 0.05) is 25.9 Å². The maximum atomic E-state index is 12.7. The van der Waals surface area contributed by atoms with Crippen LogP contribution in [0, 0.1) is 0 Å². The molecular formula is C15H19ClN4O4S2. The molecule has 8 nitrogen and oxygen atoms in total. The Balaban J connectivity index is 1.66. The molecule has 0 unspecified atom stereocenters. The Kier molecular flexibility index (Phi) is 6.06. The highest BCUT2D eigenvalue weighted by molar-refractivity contribution is 7.99. The number of hydrogen-bond donors (Lipinski definition) is 1. The highest BCUT2D eigenvalue weighted by Gasteiger charge is 2.34. The van der Waals surface area contributed by atoms with Crippen molar-refractivity contribution in [3.8, 4) is 0 Å². The molecule has 0 aliphatic carbocycles. The zero-order valence-corrected chi connectivity index (χ0v) is 16.5. The second-order valence-electron chi connectivity index (χ2n) is 5.99. The van der Waals surface area contributed by atoms with Gasteiger partial charge < -0.3 is 14.6 Å². The minimum Gasteiger partial charge on any atom is -0.383 e. The molecule has 0 saturated carbocycles. The molecule has 142 valence electrons. The number of halogens is 1. The van der Waals surface area contributed by atoms with E-state index in [1.165, 1.54) is 18.0 Å². The van der Waals surface area contributed by atoms with Gasteiger partial charge in [-0.05, 0) is 12.5 Å². The monoisotopic (exact) mass is 418 g/mol. The molecule has 1 aliphatic rings. The summed E-state index contributed by atoms with van der Waals surface area (Å²) in [7, 11) is -1.52. The number of ether oxygens (including phenoxy) is 1. The van der Waals surface area contributed by atoms with Crippen LogP contribution in [0.4, 0.5) is 0 Å². The molecule has 0 spiro atoms. The first-order chi connectivity index (χ1) is 12.4. The van der Waals surface area contributed by atoms with Crippen molar-refractivity contribution in [3.63, 3.8) is 0 Å². The third kappa shape index (κ3) is 4.67. The summed E-state index contributed by atoms with van der Waals surface area (Å²) in [4.78, 5) is 25.8. The average molecular weight is 419 g/mol. The highest BCUT2D eigenvalue weighted by Crippen LogP contribution is 2.23. The molecule has 1 saturated heterocycles. The number of nitrogens with one attached hydrogen (secondary N) is 1. The van der Waals surface area contributed by atoms with Gasteiger partial charge in [-0.25, -0.2) is 18.4 Å². The van der Waals surface area contributed by atoms with Gasteiger partial charge in [-0.2, -0.15) is 0 Å². The van der Waals surface area contributed by atoms with E-state index in [2.05, 4.69) is 15.0 Å². The third-order valence-corrected chi connectivity index (χ3v) is 6.94. The van der Waals surface area contributed by atoms with Crippen molar-refractivity contribution in [1.29, 1.82) is 0 Å². The largest absolute Gasteiger partial charge is 0.383 e. The van der Waals surface area contributed by atoms with Crippen LogP contribution in [0.5, 0.6) is 0 Å². The Labute approximate surface area is 160 Å². The van der Waals surface area contributed by atoms with Crippen molar-refractivity contribution in [2.75, 3.05) is 37.5 Å². The fourth-order valence-electron chi connectivity index (χ4n) is 2.86. The van der Waals surface area contributed by atoms with Crippen LogP contribution in [0.2, 0.25) is 5.02 Å². The van der Waals surface area contributed by atoms with Gasteiger partial charge in [0.15, 0.2) is 20.6 Å². The molecule has 3 rings (SSSR count). The van der Waals surface area contributed by atoms with Crippen LogP contribution in [-0.4, -0.2) is 77.7 Å². The van der Waals surface area contributed by atoms with Gasteiger partial charge in [-0.1, -0.05) is 23.4 Å². The number of sulfone groups is 1. The summed E-state index contributed by atoms with van der Waals surface area (Å²) >= 11 is 7.15. The van der Waals surface area contributed by atoms with Crippen molar-refractivity contribution in [3.05, 3.63) is 17.3 Å². The van der Waals surface area contributed by atoms with Gasteiger partial charge in [0.1, 0.15) is 0 Å². The molecule has 1 fully saturated rings. The molecule has 1 atom stereocenters. The van der Waals surface area contributed by atoms with Crippen molar-refractivity contribution >= 4 is 50.3 Å². The number of thioether (sulfide) groups is 1. The van der Waals surface area contributed by atoms with Gasteiger partial charge >= 0.3 is 0 Å². The van der Waals surface area contributed by atoms with Crippen molar-refractivity contribution in [1.82, 2.24) is 19.9 Å². The summed E-state index contributed by atoms with van der Waals surface area (Å²) in [5.74, 6) is 0.145. The van der Waals surface area contributed by atoms with Gasteiger partial charge in [0.05, 0.1) is 34.4 Å². The van der Waals surface area contributed by atoms with E-state index in [1.54, 1.807) is 18.1 Å². The number of amides is 1. The predicted molar refractivity (Wildman–Crippen MR) is 100 cm³/mol. The number of nitrogens with zero attached hydrogens (tertiary/aromatic N) is 3. The van der Waals surface area contributed by atoms with Crippen LogP contribution in [-0.2, 0) is 19.4 Å². The summed E-state index contributed by atoms with van der Waals surface area (Å²) in [6, 6.07) is 1.43. The highest BCUT2D eigenvalue weighted by atomic mass is 35.5. The Morgan fingerprint density at radius 2 is 2.35 bits per heavy atom. The number of carbonyl (C=O) groups is 1. The molecule has 1 aliphatic heterocycles. The number of hydrogen-bond acceptors (Lipinski definition) is 7. The fourth-order valence-corrected chi connectivity index (χ4v) is 5.50. The minimum atomic E-state index is -3.07. The smallest absolute Gasteiger partial charge is 0.233 e. The van der Waals surface area contributed by atoms with E-state index in [0.29, 0.717) is 40.9 Å². The minimum absolute atomic E-state index is 0.0141. The van der Waals surface area contributed by atoms with E-state index in [0.717, 1.165) is 0 Å². The fraction of sp³-hybridized carbons (Fsp3) is 0.533. The molecule has 1 amide bonds. The topological polar surface area (TPSA) is 105 Å². The van der Waals surface area contributed by atoms with E-state index in [4.69, 9.17) is 16.3 Å². The lowest BCUT2D eigenvalue weighted by Crippen LogP contribution is -2.44. The van der Waals surface area contributed by atoms with E-state index in [1.807, 2.05) is 0 Å². The lowest BCUT2D eigenvalue weighted by atomic mass is 10.2. The Bertz CT molecular complexity index is 902. The number of methoxy groups -OCH3 is 1. The normalized spacial score (nSPS) is 19.1. The Hall–Kier alpha value is -1.36. The van der Waals surface area contributed by atoms with Gasteiger partial charge in [0.2, 0.25) is 5.91 Å². The zero-order valence-electron chi connectivity index (χ0n) is 14.1. The molecule has 0 radical (unpaired) electrons. The molecule has 26 heavy (non-hydrogen) atoms. The van der Waals surface area contributed by atoms with Crippen LogP contribution in [0.25, 0.3) is 11.2 Å². The number of fused-ring (bicyclic) bond motifs is 1. The number of carbonyl (C=O) groups excluding carboxylic acids is 1. The lowest BCUT2D eigenvalue weighted by Gasteiger charge is -2.27. The second-order valence-corrected chi connectivity index (χ2v) is 9.62. The van der Waals surface area contributed by atoms with Crippen molar-refractivity contribution in [2.24, 2.45) is 0 Å². The Morgan fingerprint density at radius 1 is 1.54 bits per heavy atom. The number of aromatic nitrogens is 3. The van der Waals surface area contributed by atoms with Crippen LogP contribution in [0.1, 0.15) is 6.42 Å². The maximum absolute atomic E-state index is 12.7. The molecule has 2 aromatic heterocycles. The summed E-state index contributed by atoms with van der Waals surface area (Å²) in [5, 5.41) is 1.07. The van der Waals surface area contributed by atoms with E-state index in [9.17, 15) is 13.2 Å².